The number of rotatable bonds is 6. The molecule has 7 heteroatoms. The molecule has 7 nitrogen and oxygen atoms in total. The summed E-state index contributed by atoms with van der Waals surface area (Å²) in [5.74, 6) is 0.534. The van der Waals surface area contributed by atoms with E-state index >= 15 is 0 Å². The van der Waals surface area contributed by atoms with Crippen molar-refractivity contribution < 1.29 is 9.66 Å². The molecule has 1 heterocycles. The first-order valence-corrected chi connectivity index (χ1v) is 6.14. The van der Waals surface area contributed by atoms with E-state index in [4.69, 9.17) is 4.74 Å². The average molecular weight is 276 g/mol. The van der Waals surface area contributed by atoms with Crippen molar-refractivity contribution in [1.82, 2.24) is 14.7 Å². The molecule has 2 aromatic rings. The minimum absolute atomic E-state index is 0.177. The number of ether oxygens (including phenoxy) is 1. The number of aromatic nitrogens is 2. The molecule has 0 aliphatic rings. The summed E-state index contributed by atoms with van der Waals surface area (Å²) in [6, 6.07) is 8.65. The molecule has 20 heavy (non-hydrogen) atoms. The van der Waals surface area contributed by atoms with E-state index in [9.17, 15) is 10.1 Å². The maximum Gasteiger partial charge on any atom is 0.390 e. The van der Waals surface area contributed by atoms with Crippen molar-refractivity contribution in [1.29, 1.82) is 0 Å². The minimum Gasteiger partial charge on any atom is -0.492 e. The van der Waals surface area contributed by atoms with Gasteiger partial charge in [-0.2, -0.15) is 0 Å². The van der Waals surface area contributed by atoms with Crippen LogP contribution >= 0.6 is 0 Å². The van der Waals surface area contributed by atoms with Gasteiger partial charge in [0.05, 0.1) is 23.0 Å². The lowest BCUT2D eigenvalue weighted by molar-refractivity contribution is -0.389. The van der Waals surface area contributed by atoms with Crippen LogP contribution in [0.1, 0.15) is 0 Å². The Morgan fingerprint density at radius 2 is 2.20 bits per heavy atom. The molecule has 0 aliphatic heterocycles. The van der Waals surface area contributed by atoms with E-state index in [0.717, 1.165) is 12.2 Å². The average Bonchev–Trinajstić information content (AvgIpc) is 2.88. The molecule has 0 unspecified atom stereocenters. The Morgan fingerprint density at radius 1 is 1.40 bits per heavy atom. The standard InChI is InChI=1S/C13H16N4O3/c1-15(2)8-9-20-12-5-3-4-11(10-12)16-7-6-13(14-16)17(18)19/h3-7,10H,8-9H2,1-2H3. The molecule has 0 saturated carbocycles. The van der Waals surface area contributed by atoms with E-state index in [1.54, 1.807) is 12.3 Å². The van der Waals surface area contributed by atoms with Crippen LogP contribution in [-0.2, 0) is 0 Å². The Labute approximate surface area is 116 Å². The molecule has 0 fully saturated rings. The fourth-order valence-electron chi connectivity index (χ4n) is 1.62. The number of benzene rings is 1. The molecular weight excluding hydrogens is 260 g/mol. The van der Waals surface area contributed by atoms with Gasteiger partial charge in [-0.25, -0.2) is 0 Å². The highest BCUT2D eigenvalue weighted by Crippen LogP contribution is 2.18. The molecule has 106 valence electrons. The molecule has 0 spiro atoms. The molecule has 1 aromatic heterocycles. The number of likely N-dealkylation sites (N-methyl/N-ethyl adjacent to an activating group) is 1. The van der Waals surface area contributed by atoms with E-state index in [2.05, 4.69) is 5.10 Å². The van der Waals surface area contributed by atoms with Gasteiger partial charge in [-0.15, -0.1) is 4.68 Å². The lowest BCUT2D eigenvalue weighted by Gasteiger charge is -2.11. The molecule has 0 radical (unpaired) electrons. The number of hydrogen-bond donors (Lipinski definition) is 0. The first kappa shape index (κ1) is 14.0. The third-order valence-corrected chi connectivity index (χ3v) is 2.65. The highest BCUT2D eigenvalue weighted by atomic mass is 16.6. The molecular formula is C13H16N4O3. The van der Waals surface area contributed by atoms with Gasteiger partial charge in [-0.1, -0.05) is 6.07 Å². The molecule has 0 atom stereocenters. The normalized spacial score (nSPS) is 10.8. The molecule has 0 aliphatic carbocycles. The zero-order chi connectivity index (χ0) is 14.5. The quantitative estimate of drug-likeness (QED) is 0.593. The maximum atomic E-state index is 10.6. The van der Waals surface area contributed by atoms with Crippen LogP contribution in [0.3, 0.4) is 0 Å². The largest absolute Gasteiger partial charge is 0.492 e. The number of nitro groups is 1. The highest BCUT2D eigenvalue weighted by molar-refractivity contribution is 5.39. The fourth-order valence-corrected chi connectivity index (χ4v) is 1.62. The van der Waals surface area contributed by atoms with Gasteiger partial charge in [-0.05, 0) is 31.2 Å². The number of nitrogens with zero attached hydrogens (tertiary/aromatic N) is 4. The molecule has 0 bridgehead atoms. The van der Waals surface area contributed by atoms with Crippen molar-refractivity contribution in [3.05, 3.63) is 46.6 Å². The second-order valence-electron chi connectivity index (χ2n) is 4.52. The highest BCUT2D eigenvalue weighted by Gasteiger charge is 2.12. The SMILES string of the molecule is CN(C)CCOc1cccc(-n2ccc([N+](=O)[O-])n2)c1. The summed E-state index contributed by atoms with van der Waals surface area (Å²) in [5.41, 5.74) is 0.723. The zero-order valence-electron chi connectivity index (χ0n) is 11.4. The van der Waals surface area contributed by atoms with Crippen LogP contribution in [0, 0.1) is 10.1 Å². The topological polar surface area (TPSA) is 73.4 Å². The lowest BCUT2D eigenvalue weighted by atomic mass is 10.3. The molecule has 0 saturated heterocycles. The summed E-state index contributed by atoms with van der Waals surface area (Å²) in [7, 11) is 3.95. The van der Waals surface area contributed by atoms with Gasteiger partial charge in [0.25, 0.3) is 0 Å². The second-order valence-corrected chi connectivity index (χ2v) is 4.52. The summed E-state index contributed by atoms with van der Waals surface area (Å²) >= 11 is 0. The zero-order valence-corrected chi connectivity index (χ0v) is 11.4. The van der Waals surface area contributed by atoms with Crippen LogP contribution in [0.2, 0.25) is 0 Å². The van der Waals surface area contributed by atoms with E-state index < -0.39 is 4.92 Å². The van der Waals surface area contributed by atoms with Crippen molar-refractivity contribution >= 4 is 5.82 Å². The van der Waals surface area contributed by atoms with Gasteiger partial charge in [0.15, 0.2) is 0 Å². The van der Waals surface area contributed by atoms with Crippen molar-refractivity contribution in [3.63, 3.8) is 0 Å². The van der Waals surface area contributed by atoms with Crippen LogP contribution in [0.15, 0.2) is 36.5 Å². The monoisotopic (exact) mass is 276 g/mol. The summed E-state index contributed by atoms with van der Waals surface area (Å²) in [4.78, 5) is 12.1. The lowest BCUT2D eigenvalue weighted by Crippen LogP contribution is -2.19. The predicted octanol–water partition coefficient (Wildman–Crippen LogP) is 1.72. The summed E-state index contributed by atoms with van der Waals surface area (Å²) in [6.45, 7) is 1.40. The number of hydrogen-bond acceptors (Lipinski definition) is 5. The Bertz CT molecular complexity index is 595. The fraction of sp³-hybridized carbons (Fsp3) is 0.308. The van der Waals surface area contributed by atoms with Crippen molar-refractivity contribution in [2.75, 3.05) is 27.2 Å². The van der Waals surface area contributed by atoms with Gasteiger partial charge in [0.1, 0.15) is 12.4 Å². The minimum atomic E-state index is -0.520. The van der Waals surface area contributed by atoms with E-state index in [-0.39, 0.29) is 5.82 Å². The Balaban J connectivity index is 2.10. The van der Waals surface area contributed by atoms with Gasteiger partial charge < -0.3 is 19.8 Å². The first-order valence-electron chi connectivity index (χ1n) is 6.14. The van der Waals surface area contributed by atoms with Gasteiger partial charge in [0, 0.05) is 12.6 Å². The van der Waals surface area contributed by atoms with Crippen LogP contribution < -0.4 is 4.74 Å². The van der Waals surface area contributed by atoms with Crippen LogP contribution in [0.5, 0.6) is 5.75 Å². The molecule has 0 amide bonds. The van der Waals surface area contributed by atoms with Gasteiger partial charge in [-0.3, -0.25) is 0 Å². The van der Waals surface area contributed by atoms with Gasteiger partial charge in [0.2, 0.25) is 0 Å². The predicted molar refractivity (Wildman–Crippen MR) is 74.3 cm³/mol. The van der Waals surface area contributed by atoms with Gasteiger partial charge >= 0.3 is 5.82 Å². The van der Waals surface area contributed by atoms with Crippen LogP contribution in [0.25, 0.3) is 5.69 Å². The first-order chi connectivity index (χ1) is 9.56. The van der Waals surface area contributed by atoms with E-state index in [1.807, 2.05) is 37.2 Å². The summed E-state index contributed by atoms with van der Waals surface area (Å²) in [6.07, 6.45) is 1.55. The second kappa shape index (κ2) is 6.16. The molecule has 2 rings (SSSR count). The maximum absolute atomic E-state index is 10.6. The van der Waals surface area contributed by atoms with Crippen molar-refractivity contribution in [3.8, 4) is 11.4 Å². The van der Waals surface area contributed by atoms with E-state index in [0.29, 0.717) is 12.4 Å². The molecule has 1 aromatic carbocycles. The third-order valence-electron chi connectivity index (χ3n) is 2.65. The Morgan fingerprint density at radius 3 is 2.85 bits per heavy atom. The van der Waals surface area contributed by atoms with Crippen LogP contribution in [-0.4, -0.2) is 46.9 Å². The molecule has 0 N–H and O–H groups in total. The summed E-state index contributed by atoms with van der Waals surface area (Å²) < 4.78 is 7.07. The Hall–Kier alpha value is -2.41. The van der Waals surface area contributed by atoms with E-state index in [1.165, 1.54) is 10.7 Å². The smallest absolute Gasteiger partial charge is 0.390 e. The summed E-state index contributed by atoms with van der Waals surface area (Å²) in [5, 5.41) is 14.5. The van der Waals surface area contributed by atoms with Crippen molar-refractivity contribution in [2.24, 2.45) is 0 Å². The Kier molecular flexibility index (Phi) is 4.31. The van der Waals surface area contributed by atoms with Crippen molar-refractivity contribution in [2.45, 2.75) is 0 Å². The third kappa shape index (κ3) is 3.55. The van der Waals surface area contributed by atoms with Crippen LogP contribution in [0.4, 0.5) is 5.82 Å².